The van der Waals surface area contributed by atoms with Gasteiger partial charge in [-0.2, -0.15) is 0 Å². The lowest BCUT2D eigenvalue weighted by Gasteiger charge is -2.06. The number of rotatable bonds is 5. The maximum Gasteiger partial charge on any atom is 0.304 e. The minimum Gasteiger partial charge on any atom is -0.481 e. The van der Waals surface area contributed by atoms with Crippen molar-refractivity contribution >= 4 is 29.2 Å². The normalized spacial score (nSPS) is 12.4. The number of hydrogen-bond acceptors (Lipinski definition) is 1. The summed E-state index contributed by atoms with van der Waals surface area (Å²) < 4.78 is 0. The molecule has 1 aromatic carbocycles. The van der Waals surface area contributed by atoms with Gasteiger partial charge in [-0.15, -0.1) is 11.6 Å². The average molecular weight is 247 g/mol. The Balaban J connectivity index is 2.36. The highest BCUT2D eigenvalue weighted by atomic mass is 35.5. The van der Waals surface area contributed by atoms with Crippen molar-refractivity contribution in [1.82, 2.24) is 0 Å². The summed E-state index contributed by atoms with van der Waals surface area (Å²) in [5.41, 5.74) is 1.12. The predicted octanol–water partition coefficient (Wildman–Crippen LogP) is 3.35. The van der Waals surface area contributed by atoms with Crippen LogP contribution in [0.25, 0.3) is 0 Å². The first-order chi connectivity index (χ1) is 7.08. The summed E-state index contributed by atoms with van der Waals surface area (Å²) in [6.07, 6.45) is 1.45. The summed E-state index contributed by atoms with van der Waals surface area (Å²) in [4.78, 5) is 10.4. The summed E-state index contributed by atoms with van der Waals surface area (Å²) >= 11 is 11.6. The number of carboxylic acids is 1. The monoisotopic (exact) mass is 246 g/mol. The number of alkyl halides is 1. The fourth-order valence-corrected chi connectivity index (χ4v) is 1.63. The quantitative estimate of drug-likeness (QED) is 0.810. The van der Waals surface area contributed by atoms with Gasteiger partial charge in [-0.1, -0.05) is 23.7 Å². The fraction of sp³-hybridized carbons (Fsp3) is 0.364. The van der Waals surface area contributed by atoms with E-state index in [4.69, 9.17) is 28.3 Å². The molecule has 0 saturated carbocycles. The third-order valence-corrected chi connectivity index (χ3v) is 2.68. The molecule has 0 radical (unpaired) electrons. The molecule has 15 heavy (non-hydrogen) atoms. The van der Waals surface area contributed by atoms with E-state index in [1.807, 2.05) is 24.3 Å². The number of aryl methyl sites for hydroxylation is 1. The largest absolute Gasteiger partial charge is 0.481 e. The van der Waals surface area contributed by atoms with Crippen molar-refractivity contribution in [1.29, 1.82) is 0 Å². The molecule has 0 heterocycles. The summed E-state index contributed by atoms with van der Waals surface area (Å²) in [5.74, 6) is -0.855. The van der Waals surface area contributed by atoms with E-state index in [-0.39, 0.29) is 11.8 Å². The standard InChI is InChI=1S/C11H12Cl2O2/c12-9-4-1-8(2-5-9)3-6-10(13)7-11(14)15/h1-2,4-5,10H,3,6-7H2,(H,14,15). The van der Waals surface area contributed by atoms with E-state index < -0.39 is 5.97 Å². The lowest BCUT2D eigenvalue weighted by atomic mass is 10.1. The highest BCUT2D eigenvalue weighted by Crippen LogP contribution is 2.14. The first-order valence-corrected chi connectivity index (χ1v) is 5.49. The second kappa shape index (κ2) is 5.99. The highest BCUT2D eigenvalue weighted by Gasteiger charge is 2.09. The molecule has 0 aliphatic carbocycles. The molecule has 0 aliphatic rings. The van der Waals surface area contributed by atoms with Gasteiger partial charge in [0.05, 0.1) is 6.42 Å². The first kappa shape index (κ1) is 12.3. The Labute approximate surface area is 98.8 Å². The van der Waals surface area contributed by atoms with E-state index in [1.165, 1.54) is 0 Å². The molecule has 0 aliphatic heterocycles. The minimum absolute atomic E-state index is 0.00907. The molecule has 1 rings (SSSR count). The molecular formula is C11H12Cl2O2. The topological polar surface area (TPSA) is 37.3 Å². The van der Waals surface area contributed by atoms with Crippen LogP contribution in [0.5, 0.6) is 0 Å². The first-order valence-electron chi connectivity index (χ1n) is 4.68. The molecule has 1 N–H and O–H groups in total. The van der Waals surface area contributed by atoms with Crippen molar-refractivity contribution < 1.29 is 9.90 Å². The molecule has 0 spiro atoms. The van der Waals surface area contributed by atoms with Gasteiger partial charge in [0, 0.05) is 10.4 Å². The van der Waals surface area contributed by atoms with Gasteiger partial charge >= 0.3 is 5.97 Å². The van der Waals surface area contributed by atoms with E-state index >= 15 is 0 Å². The Morgan fingerprint density at radius 1 is 1.33 bits per heavy atom. The van der Waals surface area contributed by atoms with Gasteiger partial charge in [-0.05, 0) is 30.5 Å². The number of hydrogen-bond donors (Lipinski definition) is 1. The van der Waals surface area contributed by atoms with Crippen LogP contribution in [0, 0.1) is 0 Å². The van der Waals surface area contributed by atoms with Crippen LogP contribution in [0.3, 0.4) is 0 Å². The zero-order valence-corrected chi connectivity index (χ0v) is 9.63. The predicted molar refractivity (Wildman–Crippen MR) is 61.7 cm³/mol. The summed E-state index contributed by atoms with van der Waals surface area (Å²) in [7, 11) is 0. The van der Waals surface area contributed by atoms with Gasteiger partial charge in [0.2, 0.25) is 0 Å². The van der Waals surface area contributed by atoms with E-state index in [9.17, 15) is 4.79 Å². The van der Waals surface area contributed by atoms with Crippen LogP contribution in [0.15, 0.2) is 24.3 Å². The zero-order chi connectivity index (χ0) is 11.3. The summed E-state index contributed by atoms with van der Waals surface area (Å²) in [5, 5.41) is 8.91. The molecule has 1 unspecified atom stereocenters. The number of halogens is 2. The molecule has 82 valence electrons. The Morgan fingerprint density at radius 2 is 1.93 bits per heavy atom. The SMILES string of the molecule is O=C(O)CC(Cl)CCc1ccc(Cl)cc1. The maximum absolute atomic E-state index is 10.4. The van der Waals surface area contributed by atoms with Crippen LogP contribution in [-0.2, 0) is 11.2 Å². The molecule has 4 heteroatoms. The molecule has 2 nitrogen and oxygen atoms in total. The molecular weight excluding hydrogens is 235 g/mol. The van der Waals surface area contributed by atoms with Crippen LogP contribution < -0.4 is 0 Å². The Hall–Kier alpha value is -0.730. The zero-order valence-electron chi connectivity index (χ0n) is 8.12. The summed E-state index contributed by atoms with van der Waals surface area (Å²) in [6.45, 7) is 0. The number of benzene rings is 1. The van der Waals surface area contributed by atoms with Crippen LogP contribution in [0.4, 0.5) is 0 Å². The van der Waals surface area contributed by atoms with Gasteiger partial charge in [0.15, 0.2) is 0 Å². The Bertz CT molecular complexity index is 322. The third-order valence-electron chi connectivity index (χ3n) is 2.06. The van der Waals surface area contributed by atoms with Gasteiger partial charge < -0.3 is 5.11 Å². The van der Waals surface area contributed by atoms with Crippen molar-refractivity contribution in [2.45, 2.75) is 24.6 Å². The Kier molecular flexibility index (Phi) is 4.92. The second-order valence-corrected chi connectivity index (χ2v) is 4.41. The smallest absolute Gasteiger partial charge is 0.304 e. The number of carboxylic acid groups (broad SMARTS) is 1. The van der Waals surface area contributed by atoms with E-state index in [0.717, 1.165) is 12.0 Å². The molecule has 1 atom stereocenters. The molecule has 1 aromatic rings. The van der Waals surface area contributed by atoms with Crippen LogP contribution in [-0.4, -0.2) is 16.5 Å². The van der Waals surface area contributed by atoms with E-state index in [0.29, 0.717) is 11.4 Å². The van der Waals surface area contributed by atoms with Crippen LogP contribution in [0.1, 0.15) is 18.4 Å². The third kappa shape index (κ3) is 5.05. The van der Waals surface area contributed by atoms with Gasteiger partial charge in [0.25, 0.3) is 0 Å². The van der Waals surface area contributed by atoms with Gasteiger partial charge in [-0.25, -0.2) is 0 Å². The molecule has 0 aromatic heterocycles. The lowest BCUT2D eigenvalue weighted by Crippen LogP contribution is -2.08. The minimum atomic E-state index is -0.855. The van der Waals surface area contributed by atoms with Gasteiger partial charge in [0.1, 0.15) is 0 Å². The second-order valence-electron chi connectivity index (χ2n) is 3.36. The summed E-state index contributed by atoms with van der Waals surface area (Å²) in [6, 6.07) is 7.48. The molecule has 0 bridgehead atoms. The molecule has 0 fully saturated rings. The van der Waals surface area contributed by atoms with Crippen molar-refractivity contribution in [3.63, 3.8) is 0 Å². The maximum atomic E-state index is 10.4. The number of carbonyl (C=O) groups is 1. The van der Waals surface area contributed by atoms with Crippen molar-refractivity contribution in [3.8, 4) is 0 Å². The van der Waals surface area contributed by atoms with E-state index in [2.05, 4.69) is 0 Å². The van der Waals surface area contributed by atoms with Gasteiger partial charge in [-0.3, -0.25) is 4.79 Å². The van der Waals surface area contributed by atoms with Crippen molar-refractivity contribution in [3.05, 3.63) is 34.9 Å². The Morgan fingerprint density at radius 3 is 2.47 bits per heavy atom. The fourth-order valence-electron chi connectivity index (χ4n) is 1.27. The highest BCUT2D eigenvalue weighted by molar-refractivity contribution is 6.30. The van der Waals surface area contributed by atoms with E-state index in [1.54, 1.807) is 0 Å². The van der Waals surface area contributed by atoms with Crippen LogP contribution in [0.2, 0.25) is 5.02 Å². The van der Waals surface area contributed by atoms with Crippen molar-refractivity contribution in [2.75, 3.05) is 0 Å². The molecule has 0 saturated heterocycles. The molecule has 0 amide bonds. The average Bonchev–Trinajstić information content (AvgIpc) is 2.16. The van der Waals surface area contributed by atoms with Crippen molar-refractivity contribution in [2.24, 2.45) is 0 Å². The van der Waals surface area contributed by atoms with Crippen LogP contribution >= 0.6 is 23.2 Å². The lowest BCUT2D eigenvalue weighted by molar-refractivity contribution is -0.137. The number of aliphatic carboxylic acids is 1.